The molecule has 0 bridgehead atoms. The van der Waals surface area contributed by atoms with Crippen LogP contribution in [-0.4, -0.2) is 43.0 Å². The molecule has 116 valence electrons. The molecule has 2 fully saturated rings. The fraction of sp³-hybridized carbons (Fsp3) is 0.625. The number of nitrogens with zero attached hydrogens (tertiary/aromatic N) is 1. The Morgan fingerprint density at radius 3 is 2.62 bits per heavy atom. The highest BCUT2D eigenvalue weighted by Gasteiger charge is 2.45. The van der Waals surface area contributed by atoms with Gasteiger partial charge in [-0.05, 0) is 31.2 Å². The van der Waals surface area contributed by atoms with E-state index >= 15 is 0 Å². The Labute approximate surface area is 125 Å². The summed E-state index contributed by atoms with van der Waals surface area (Å²) in [7, 11) is 2.06. The molecule has 2 atom stereocenters. The Morgan fingerprint density at radius 2 is 1.95 bits per heavy atom. The van der Waals surface area contributed by atoms with Gasteiger partial charge in [-0.3, -0.25) is 4.90 Å². The van der Waals surface area contributed by atoms with E-state index in [1.54, 1.807) is 0 Å². The first-order chi connectivity index (χ1) is 10.1. The number of hydrogen-bond donors (Lipinski definition) is 1. The number of ether oxygens (including phenoxy) is 2. The van der Waals surface area contributed by atoms with Gasteiger partial charge in [-0.15, -0.1) is 0 Å². The van der Waals surface area contributed by atoms with E-state index in [2.05, 4.69) is 11.9 Å². The lowest BCUT2D eigenvalue weighted by molar-refractivity contribution is -0.191. The van der Waals surface area contributed by atoms with Gasteiger partial charge in [-0.25, -0.2) is 4.39 Å². The van der Waals surface area contributed by atoms with Crippen molar-refractivity contribution < 1.29 is 13.9 Å². The zero-order valence-corrected chi connectivity index (χ0v) is 12.4. The summed E-state index contributed by atoms with van der Waals surface area (Å²) in [6.07, 6.45) is 2.57. The second kappa shape index (κ2) is 6.01. The van der Waals surface area contributed by atoms with E-state index in [0.717, 1.165) is 31.4 Å². The molecule has 0 amide bonds. The standard InChI is InChI=1S/C16H23FN2O2/c1-19(11-12-2-4-13(17)5-3-12)15-10-16(7-6-14(15)18)20-8-9-21-16/h2-5,14-15H,6-11,18H2,1H3. The van der Waals surface area contributed by atoms with E-state index in [1.165, 1.54) is 12.1 Å². The maximum Gasteiger partial charge on any atom is 0.170 e. The first-order valence-corrected chi connectivity index (χ1v) is 7.56. The van der Waals surface area contributed by atoms with Crippen molar-refractivity contribution in [3.63, 3.8) is 0 Å². The first kappa shape index (κ1) is 14.9. The molecule has 2 unspecified atom stereocenters. The average Bonchev–Trinajstić information content (AvgIpc) is 2.93. The Morgan fingerprint density at radius 1 is 1.29 bits per heavy atom. The molecule has 4 nitrogen and oxygen atoms in total. The van der Waals surface area contributed by atoms with Gasteiger partial charge < -0.3 is 15.2 Å². The molecule has 3 rings (SSSR count). The molecule has 2 aliphatic rings. The molecule has 5 heteroatoms. The SMILES string of the molecule is CN(Cc1ccc(F)cc1)C1CC2(CCC1N)OCCO2. The summed E-state index contributed by atoms with van der Waals surface area (Å²) in [6.45, 7) is 2.09. The van der Waals surface area contributed by atoms with Crippen molar-refractivity contribution in [1.29, 1.82) is 0 Å². The van der Waals surface area contributed by atoms with E-state index in [1.807, 2.05) is 12.1 Å². The highest BCUT2D eigenvalue weighted by atomic mass is 19.1. The highest BCUT2D eigenvalue weighted by molar-refractivity contribution is 5.16. The molecular weight excluding hydrogens is 271 g/mol. The van der Waals surface area contributed by atoms with Crippen LogP contribution in [0.4, 0.5) is 4.39 Å². The zero-order valence-electron chi connectivity index (χ0n) is 12.4. The zero-order chi connectivity index (χ0) is 14.9. The molecule has 21 heavy (non-hydrogen) atoms. The van der Waals surface area contributed by atoms with Crippen LogP contribution in [0, 0.1) is 5.82 Å². The monoisotopic (exact) mass is 294 g/mol. The van der Waals surface area contributed by atoms with Crippen molar-refractivity contribution in [2.75, 3.05) is 20.3 Å². The second-order valence-electron chi connectivity index (χ2n) is 6.12. The van der Waals surface area contributed by atoms with Gasteiger partial charge in [0.05, 0.1) is 13.2 Å². The van der Waals surface area contributed by atoms with Crippen molar-refractivity contribution in [2.24, 2.45) is 5.73 Å². The van der Waals surface area contributed by atoms with Gasteiger partial charge in [-0.2, -0.15) is 0 Å². The van der Waals surface area contributed by atoms with Gasteiger partial charge in [0.2, 0.25) is 0 Å². The maximum atomic E-state index is 13.0. The molecular formula is C16H23FN2O2. The number of rotatable bonds is 3. The van der Waals surface area contributed by atoms with Crippen LogP contribution in [0.2, 0.25) is 0 Å². The van der Waals surface area contributed by atoms with Gasteiger partial charge in [0.1, 0.15) is 5.82 Å². The minimum atomic E-state index is -0.433. The summed E-state index contributed by atoms with van der Waals surface area (Å²) >= 11 is 0. The van der Waals surface area contributed by atoms with Crippen molar-refractivity contribution in [2.45, 2.75) is 43.7 Å². The predicted molar refractivity (Wildman–Crippen MR) is 78.1 cm³/mol. The summed E-state index contributed by atoms with van der Waals surface area (Å²) in [5.74, 6) is -0.639. The molecule has 0 aromatic heterocycles. The van der Waals surface area contributed by atoms with Crippen LogP contribution in [-0.2, 0) is 16.0 Å². The van der Waals surface area contributed by atoms with Gasteiger partial charge in [0.25, 0.3) is 0 Å². The minimum absolute atomic E-state index is 0.119. The molecule has 1 aliphatic heterocycles. The molecule has 1 saturated heterocycles. The fourth-order valence-electron chi connectivity index (χ4n) is 3.39. The van der Waals surface area contributed by atoms with Crippen molar-refractivity contribution in [3.8, 4) is 0 Å². The van der Waals surface area contributed by atoms with Crippen LogP contribution in [0.15, 0.2) is 24.3 Å². The lowest BCUT2D eigenvalue weighted by Crippen LogP contribution is -2.55. The van der Waals surface area contributed by atoms with Gasteiger partial charge in [-0.1, -0.05) is 12.1 Å². The maximum absolute atomic E-state index is 13.0. The largest absolute Gasteiger partial charge is 0.347 e. The molecule has 0 radical (unpaired) electrons. The van der Waals surface area contributed by atoms with E-state index in [0.29, 0.717) is 13.2 Å². The summed E-state index contributed by atoms with van der Waals surface area (Å²) in [5.41, 5.74) is 7.38. The number of nitrogens with two attached hydrogens (primary N) is 1. The Hall–Kier alpha value is -1.01. The lowest BCUT2D eigenvalue weighted by atomic mass is 9.85. The summed E-state index contributed by atoms with van der Waals surface area (Å²) < 4.78 is 24.6. The van der Waals surface area contributed by atoms with E-state index in [-0.39, 0.29) is 17.9 Å². The normalized spacial score (nSPS) is 28.4. The number of hydrogen-bond acceptors (Lipinski definition) is 4. The summed E-state index contributed by atoms with van der Waals surface area (Å²) in [5, 5.41) is 0. The third kappa shape index (κ3) is 3.26. The van der Waals surface area contributed by atoms with Gasteiger partial charge in [0, 0.05) is 31.5 Å². The van der Waals surface area contributed by atoms with E-state index in [9.17, 15) is 4.39 Å². The smallest absolute Gasteiger partial charge is 0.170 e. The number of benzene rings is 1. The van der Waals surface area contributed by atoms with Crippen LogP contribution < -0.4 is 5.73 Å². The van der Waals surface area contributed by atoms with Crippen molar-refractivity contribution >= 4 is 0 Å². The predicted octanol–water partition coefficient (Wildman–Crippen LogP) is 1.88. The van der Waals surface area contributed by atoms with Crippen LogP contribution in [0.5, 0.6) is 0 Å². The molecule has 2 N–H and O–H groups in total. The van der Waals surface area contributed by atoms with Crippen molar-refractivity contribution in [1.82, 2.24) is 4.90 Å². The molecule has 1 spiro atoms. The Balaban J connectivity index is 1.67. The van der Waals surface area contributed by atoms with Crippen LogP contribution in [0.1, 0.15) is 24.8 Å². The summed E-state index contributed by atoms with van der Waals surface area (Å²) in [6, 6.07) is 6.95. The van der Waals surface area contributed by atoms with E-state index < -0.39 is 5.79 Å². The van der Waals surface area contributed by atoms with E-state index in [4.69, 9.17) is 15.2 Å². The lowest BCUT2D eigenvalue weighted by Gasteiger charge is -2.43. The fourth-order valence-corrected chi connectivity index (χ4v) is 3.39. The third-order valence-corrected chi connectivity index (χ3v) is 4.60. The topological polar surface area (TPSA) is 47.7 Å². The molecule has 1 aliphatic carbocycles. The third-order valence-electron chi connectivity index (χ3n) is 4.60. The highest BCUT2D eigenvalue weighted by Crippen LogP contribution is 2.37. The van der Waals surface area contributed by atoms with Crippen molar-refractivity contribution in [3.05, 3.63) is 35.6 Å². The first-order valence-electron chi connectivity index (χ1n) is 7.56. The second-order valence-corrected chi connectivity index (χ2v) is 6.12. The number of likely N-dealkylation sites (N-methyl/N-ethyl adjacent to an activating group) is 1. The molecule has 1 aromatic carbocycles. The molecule has 1 aromatic rings. The molecule has 1 heterocycles. The average molecular weight is 294 g/mol. The minimum Gasteiger partial charge on any atom is -0.347 e. The van der Waals surface area contributed by atoms with Crippen LogP contribution >= 0.6 is 0 Å². The van der Waals surface area contributed by atoms with Crippen LogP contribution in [0.3, 0.4) is 0 Å². The summed E-state index contributed by atoms with van der Waals surface area (Å²) in [4.78, 5) is 2.23. The Bertz CT molecular complexity index is 474. The Kier molecular flexibility index (Phi) is 4.26. The molecule has 1 saturated carbocycles. The van der Waals surface area contributed by atoms with Gasteiger partial charge in [0.15, 0.2) is 5.79 Å². The quantitative estimate of drug-likeness (QED) is 0.924. The van der Waals surface area contributed by atoms with Crippen LogP contribution in [0.25, 0.3) is 0 Å². The van der Waals surface area contributed by atoms with Gasteiger partial charge >= 0.3 is 0 Å². The number of halogens is 1.